The molecule has 0 heterocycles. The fraction of sp³-hybridized carbons (Fsp3) is 0.417. The Balaban J connectivity index is 2.27. The number of rotatable bonds is 7. The molecule has 3 rings (SSSR count). The highest BCUT2D eigenvalue weighted by atomic mass is 16.4. The van der Waals surface area contributed by atoms with Crippen LogP contribution in [0.1, 0.15) is 47.9 Å². The van der Waals surface area contributed by atoms with Gasteiger partial charge in [0.05, 0.1) is 23.3 Å². The van der Waals surface area contributed by atoms with Crippen molar-refractivity contribution in [3.8, 4) is 11.1 Å². The molecule has 3 N–H and O–H groups in total. The summed E-state index contributed by atoms with van der Waals surface area (Å²) in [5, 5.41) is 16.4. The first-order valence-electron chi connectivity index (χ1n) is 10.2. The summed E-state index contributed by atoms with van der Waals surface area (Å²) in [5.41, 5.74) is 6.95. The van der Waals surface area contributed by atoms with Gasteiger partial charge in [0.1, 0.15) is 6.29 Å². The van der Waals surface area contributed by atoms with Gasteiger partial charge in [-0.05, 0) is 61.4 Å². The van der Waals surface area contributed by atoms with Crippen molar-refractivity contribution in [3.05, 3.63) is 46.5 Å². The van der Waals surface area contributed by atoms with Gasteiger partial charge in [-0.2, -0.15) is 0 Å². The number of benzene rings is 2. The molecule has 1 saturated carbocycles. The van der Waals surface area contributed by atoms with Gasteiger partial charge in [0, 0.05) is 7.05 Å². The fourth-order valence-corrected chi connectivity index (χ4v) is 4.54. The second kappa shape index (κ2) is 8.27. The van der Waals surface area contributed by atoms with E-state index in [0.717, 1.165) is 76.7 Å². The van der Waals surface area contributed by atoms with E-state index in [4.69, 9.17) is 0 Å². The van der Waals surface area contributed by atoms with Gasteiger partial charge in [-0.1, -0.05) is 42.7 Å². The third kappa shape index (κ3) is 4.00. The maximum Gasteiger partial charge on any atom is 0.307 e. The van der Waals surface area contributed by atoms with Crippen LogP contribution in [-0.4, -0.2) is 29.9 Å². The molecule has 5 heteroatoms. The Morgan fingerprint density at radius 1 is 1.07 bits per heavy atom. The van der Waals surface area contributed by atoms with E-state index in [9.17, 15) is 14.7 Å². The molecule has 0 aromatic heterocycles. The van der Waals surface area contributed by atoms with Gasteiger partial charge in [-0.25, -0.2) is 0 Å². The van der Waals surface area contributed by atoms with Crippen LogP contribution in [0.3, 0.4) is 0 Å². The first-order chi connectivity index (χ1) is 13.8. The Hall–Kier alpha value is -2.82. The van der Waals surface area contributed by atoms with Crippen molar-refractivity contribution in [1.29, 1.82) is 0 Å². The largest absolute Gasteiger partial charge is 0.481 e. The van der Waals surface area contributed by atoms with Crippen LogP contribution in [0, 0.1) is 20.8 Å². The number of aliphatic carboxylic acids is 1. The lowest BCUT2D eigenvalue weighted by Gasteiger charge is -2.31. The summed E-state index contributed by atoms with van der Waals surface area (Å²) in [6.07, 6.45) is 4.68. The summed E-state index contributed by atoms with van der Waals surface area (Å²) < 4.78 is 0. The molecule has 0 atom stereocenters. The average molecular weight is 395 g/mol. The van der Waals surface area contributed by atoms with Crippen molar-refractivity contribution >= 4 is 23.6 Å². The number of carboxylic acid groups (broad SMARTS) is 1. The fourth-order valence-electron chi connectivity index (χ4n) is 4.54. The standard InChI is InChI=1S/C24H30N2O3/c1-15-7-9-18(10-8-15)21-17(3)23(26-24(14-27)11-5-6-12-24)22(25-4)16(2)19(21)13-20(28)29/h7-10,14,25-26H,5-6,11-13H2,1-4H3,(H,28,29). The Bertz CT molecular complexity index is 926. The molecular weight excluding hydrogens is 364 g/mol. The third-order valence-corrected chi connectivity index (χ3v) is 6.14. The topological polar surface area (TPSA) is 78.4 Å². The molecule has 29 heavy (non-hydrogen) atoms. The highest BCUT2D eigenvalue weighted by Crippen LogP contribution is 2.44. The molecule has 5 nitrogen and oxygen atoms in total. The maximum absolute atomic E-state index is 12.0. The number of aryl methyl sites for hydroxylation is 1. The minimum Gasteiger partial charge on any atom is -0.481 e. The molecule has 2 aromatic carbocycles. The summed E-state index contributed by atoms with van der Waals surface area (Å²) in [6.45, 7) is 6.00. The molecule has 154 valence electrons. The summed E-state index contributed by atoms with van der Waals surface area (Å²) in [5.74, 6) is -0.858. The minimum atomic E-state index is -0.858. The van der Waals surface area contributed by atoms with Gasteiger partial charge < -0.3 is 20.5 Å². The van der Waals surface area contributed by atoms with Crippen LogP contribution in [-0.2, 0) is 16.0 Å². The number of aldehydes is 1. The maximum atomic E-state index is 12.0. The van der Waals surface area contributed by atoms with Gasteiger partial charge in [0.15, 0.2) is 0 Å². The number of nitrogens with one attached hydrogen (secondary N) is 2. The van der Waals surface area contributed by atoms with Gasteiger partial charge in [-0.3, -0.25) is 4.79 Å². The lowest BCUT2D eigenvalue weighted by Crippen LogP contribution is -2.37. The Kier molecular flexibility index (Phi) is 5.96. The second-order valence-corrected chi connectivity index (χ2v) is 8.15. The highest BCUT2D eigenvalue weighted by Gasteiger charge is 2.35. The highest BCUT2D eigenvalue weighted by molar-refractivity contribution is 5.91. The molecular formula is C24H30N2O3. The zero-order valence-electron chi connectivity index (χ0n) is 17.7. The van der Waals surface area contributed by atoms with E-state index < -0.39 is 11.5 Å². The van der Waals surface area contributed by atoms with E-state index >= 15 is 0 Å². The number of carboxylic acids is 1. The van der Waals surface area contributed by atoms with Crippen molar-refractivity contribution in [3.63, 3.8) is 0 Å². The lowest BCUT2D eigenvalue weighted by molar-refractivity contribution is -0.136. The van der Waals surface area contributed by atoms with E-state index in [1.165, 1.54) is 0 Å². The number of anilines is 2. The number of carbonyl (C=O) groups is 2. The van der Waals surface area contributed by atoms with Gasteiger partial charge >= 0.3 is 5.97 Å². The molecule has 0 saturated heterocycles. The van der Waals surface area contributed by atoms with Crippen LogP contribution in [0.15, 0.2) is 24.3 Å². The molecule has 1 aliphatic rings. The lowest BCUT2D eigenvalue weighted by atomic mass is 9.86. The Labute approximate surface area is 172 Å². The van der Waals surface area contributed by atoms with Crippen LogP contribution in [0.2, 0.25) is 0 Å². The first-order valence-corrected chi connectivity index (χ1v) is 10.2. The number of hydrogen-bond acceptors (Lipinski definition) is 4. The predicted octanol–water partition coefficient (Wildman–Crippen LogP) is 4.87. The summed E-state index contributed by atoms with van der Waals surface area (Å²) >= 11 is 0. The van der Waals surface area contributed by atoms with Gasteiger partial charge in [0.2, 0.25) is 0 Å². The second-order valence-electron chi connectivity index (χ2n) is 8.15. The van der Waals surface area contributed by atoms with Crippen LogP contribution in [0.25, 0.3) is 11.1 Å². The van der Waals surface area contributed by atoms with Crippen LogP contribution >= 0.6 is 0 Å². The van der Waals surface area contributed by atoms with Crippen LogP contribution in [0.4, 0.5) is 11.4 Å². The van der Waals surface area contributed by atoms with Crippen molar-refractivity contribution in [2.45, 2.75) is 58.4 Å². The smallest absolute Gasteiger partial charge is 0.307 e. The predicted molar refractivity (Wildman–Crippen MR) is 118 cm³/mol. The summed E-state index contributed by atoms with van der Waals surface area (Å²) in [6, 6.07) is 8.15. The zero-order valence-corrected chi connectivity index (χ0v) is 17.7. The molecule has 0 amide bonds. The zero-order chi connectivity index (χ0) is 21.2. The molecule has 0 spiro atoms. The molecule has 1 aliphatic carbocycles. The van der Waals surface area contributed by atoms with E-state index in [1.807, 2.05) is 52.1 Å². The summed E-state index contributed by atoms with van der Waals surface area (Å²) in [4.78, 5) is 23.6. The van der Waals surface area contributed by atoms with Crippen molar-refractivity contribution < 1.29 is 14.7 Å². The monoisotopic (exact) mass is 394 g/mol. The number of carbonyl (C=O) groups excluding carboxylic acids is 1. The minimum absolute atomic E-state index is 0.0519. The Morgan fingerprint density at radius 2 is 1.69 bits per heavy atom. The van der Waals surface area contributed by atoms with E-state index in [1.54, 1.807) is 0 Å². The average Bonchev–Trinajstić information content (AvgIpc) is 3.16. The molecule has 1 fully saturated rings. The normalized spacial score (nSPS) is 15.2. The quantitative estimate of drug-likeness (QED) is 0.584. The molecule has 0 aliphatic heterocycles. The van der Waals surface area contributed by atoms with Crippen molar-refractivity contribution in [1.82, 2.24) is 0 Å². The summed E-state index contributed by atoms with van der Waals surface area (Å²) in [7, 11) is 1.84. The van der Waals surface area contributed by atoms with Gasteiger partial charge in [-0.15, -0.1) is 0 Å². The van der Waals surface area contributed by atoms with Crippen molar-refractivity contribution in [2.75, 3.05) is 17.7 Å². The first kappa shape index (κ1) is 20.9. The molecule has 0 radical (unpaired) electrons. The molecule has 2 aromatic rings. The SMILES string of the molecule is CNc1c(C)c(CC(=O)O)c(-c2ccc(C)cc2)c(C)c1NC1(C=O)CCCC1. The van der Waals surface area contributed by atoms with Crippen molar-refractivity contribution in [2.24, 2.45) is 0 Å². The van der Waals surface area contributed by atoms with Crippen LogP contribution < -0.4 is 10.6 Å². The molecule has 0 bridgehead atoms. The third-order valence-electron chi connectivity index (χ3n) is 6.14. The van der Waals surface area contributed by atoms with Crippen LogP contribution in [0.5, 0.6) is 0 Å². The number of hydrogen-bond donors (Lipinski definition) is 3. The molecule has 0 unspecified atom stereocenters. The van der Waals surface area contributed by atoms with E-state index in [2.05, 4.69) is 10.6 Å². The Morgan fingerprint density at radius 3 is 2.21 bits per heavy atom. The van der Waals surface area contributed by atoms with Gasteiger partial charge in [0.25, 0.3) is 0 Å². The van der Waals surface area contributed by atoms with E-state index in [0.29, 0.717) is 0 Å². The van der Waals surface area contributed by atoms with E-state index in [-0.39, 0.29) is 6.42 Å².